The fourth-order valence-electron chi connectivity index (χ4n) is 3.73. The van der Waals surface area contributed by atoms with Crippen molar-refractivity contribution in [2.75, 3.05) is 31.1 Å². The van der Waals surface area contributed by atoms with Gasteiger partial charge in [-0.2, -0.15) is 4.31 Å². The van der Waals surface area contributed by atoms with Crippen LogP contribution < -0.4 is 4.90 Å². The fraction of sp³-hybridized carbons (Fsp3) is 0.350. The summed E-state index contributed by atoms with van der Waals surface area (Å²) in [6.45, 7) is 7.64. The Bertz CT molecular complexity index is 1150. The number of sulfonamides is 1. The highest BCUT2D eigenvalue weighted by atomic mass is 35.5. The molecular formula is C20H22ClN3O3S2. The zero-order valence-electron chi connectivity index (χ0n) is 16.5. The van der Waals surface area contributed by atoms with E-state index in [1.54, 1.807) is 10.4 Å². The van der Waals surface area contributed by atoms with Crippen LogP contribution in [0.1, 0.15) is 15.4 Å². The van der Waals surface area contributed by atoms with Crippen molar-refractivity contribution in [2.24, 2.45) is 0 Å². The van der Waals surface area contributed by atoms with Gasteiger partial charge in [-0.1, -0.05) is 22.8 Å². The number of thiophene rings is 1. The topological polar surface area (TPSA) is 66.7 Å². The molecule has 2 aromatic heterocycles. The molecule has 1 saturated heterocycles. The van der Waals surface area contributed by atoms with Crippen molar-refractivity contribution < 1.29 is 12.9 Å². The van der Waals surface area contributed by atoms with Gasteiger partial charge >= 0.3 is 0 Å². The number of hydrogen-bond acceptors (Lipinski definition) is 6. The molecule has 1 aromatic carbocycles. The Labute approximate surface area is 179 Å². The number of halogens is 1. The number of rotatable bonds is 4. The predicted molar refractivity (Wildman–Crippen MR) is 116 cm³/mol. The van der Waals surface area contributed by atoms with Crippen molar-refractivity contribution >= 4 is 38.6 Å². The standard InChI is InChI=1S/C20H22ClN3O3S2/c1-13-11-18(27-22-13)19-14(2)28-15(3)20(19)29(25,26)24-9-7-23(8-10-24)17-6-4-5-16(21)12-17/h4-6,11-12H,7-10H2,1-3H3. The number of anilines is 1. The van der Waals surface area contributed by atoms with Crippen LogP contribution in [-0.4, -0.2) is 44.1 Å². The zero-order chi connectivity index (χ0) is 20.8. The van der Waals surface area contributed by atoms with Crippen molar-refractivity contribution in [2.45, 2.75) is 25.7 Å². The van der Waals surface area contributed by atoms with E-state index in [0.29, 0.717) is 47.4 Å². The van der Waals surface area contributed by atoms with E-state index in [9.17, 15) is 8.42 Å². The van der Waals surface area contributed by atoms with E-state index in [-0.39, 0.29) is 0 Å². The van der Waals surface area contributed by atoms with Crippen LogP contribution in [-0.2, 0) is 10.0 Å². The van der Waals surface area contributed by atoms with E-state index >= 15 is 0 Å². The molecule has 6 nitrogen and oxygen atoms in total. The van der Waals surface area contributed by atoms with Gasteiger partial charge in [0.2, 0.25) is 10.0 Å². The van der Waals surface area contributed by atoms with Gasteiger partial charge in [-0.05, 0) is 39.0 Å². The van der Waals surface area contributed by atoms with Gasteiger partial charge in [0, 0.05) is 52.7 Å². The molecule has 0 saturated carbocycles. The van der Waals surface area contributed by atoms with Crippen molar-refractivity contribution in [1.82, 2.24) is 9.46 Å². The Morgan fingerprint density at radius 2 is 1.79 bits per heavy atom. The van der Waals surface area contributed by atoms with Crippen molar-refractivity contribution in [3.8, 4) is 11.3 Å². The molecule has 0 N–H and O–H groups in total. The van der Waals surface area contributed by atoms with Crippen molar-refractivity contribution in [1.29, 1.82) is 0 Å². The van der Waals surface area contributed by atoms with Crippen LogP contribution in [0.25, 0.3) is 11.3 Å². The van der Waals surface area contributed by atoms with Gasteiger partial charge in [0.1, 0.15) is 4.90 Å². The number of benzene rings is 1. The third-order valence-electron chi connectivity index (χ3n) is 5.09. The normalized spacial score (nSPS) is 15.8. The van der Waals surface area contributed by atoms with Gasteiger partial charge < -0.3 is 9.42 Å². The number of nitrogens with zero attached hydrogens (tertiary/aromatic N) is 3. The molecule has 1 fully saturated rings. The summed E-state index contributed by atoms with van der Waals surface area (Å²) in [5, 5.41) is 4.61. The predicted octanol–water partition coefficient (Wildman–Crippen LogP) is 4.49. The molecule has 3 aromatic rings. The van der Waals surface area contributed by atoms with E-state index in [1.165, 1.54) is 11.3 Å². The number of hydrogen-bond donors (Lipinski definition) is 0. The minimum atomic E-state index is -3.65. The Balaban J connectivity index is 1.62. The van der Waals surface area contributed by atoms with Crippen LogP contribution in [0, 0.1) is 20.8 Å². The van der Waals surface area contributed by atoms with Crippen LogP contribution in [0.2, 0.25) is 5.02 Å². The highest BCUT2D eigenvalue weighted by Gasteiger charge is 2.35. The zero-order valence-corrected chi connectivity index (χ0v) is 18.9. The SMILES string of the molecule is Cc1cc(-c2c(C)sc(C)c2S(=O)(=O)N2CCN(c3cccc(Cl)c3)CC2)on1. The second kappa shape index (κ2) is 7.75. The largest absolute Gasteiger partial charge is 0.369 e. The van der Waals surface area contributed by atoms with Gasteiger partial charge in [0.05, 0.1) is 11.3 Å². The molecule has 1 aliphatic rings. The van der Waals surface area contributed by atoms with Gasteiger partial charge in [0.15, 0.2) is 5.76 Å². The number of piperazine rings is 1. The first-order valence-electron chi connectivity index (χ1n) is 9.31. The van der Waals surface area contributed by atoms with Crippen LogP contribution in [0.4, 0.5) is 5.69 Å². The third-order valence-corrected chi connectivity index (χ3v) is 8.55. The quantitative estimate of drug-likeness (QED) is 0.584. The lowest BCUT2D eigenvalue weighted by Gasteiger charge is -2.35. The first-order valence-corrected chi connectivity index (χ1v) is 11.9. The van der Waals surface area contributed by atoms with E-state index in [0.717, 1.165) is 21.1 Å². The summed E-state index contributed by atoms with van der Waals surface area (Å²) in [4.78, 5) is 4.18. The summed E-state index contributed by atoms with van der Waals surface area (Å²) in [6, 6.07) is 9.42. The molecule has 3 heterocycles. The molecule has 0 spiro atoms. The Hall–Kier alpha value is -1.87. The highest BCUT2D eigenvalue weighted by molar-refractivity contribution is 7.89. The van der Waals surface area contributed by atoms with Crippen molar-refractivity contribution in [3.63, 3.8) is 0 Å². The van der Waals surface area contributed by atoms with E-state index in [4.69, 9.17) is 16.1 Å². The van der Waals surface area contributed by atoms with Crippen LogP contribution >= 0.6 is 22.9 Å². The summed E-state index contributed by atoms with van der Waals surface area (Å²) >= 11 is 7.57. The Kier molecular flexibility index (Phi) is 5.46. The second-order valence-electron chi connectivity index (χ2n) is 7.12. The first kappa shape index (κ1) is 20.4. The fourth-order valence-corrected chi connectivity index (χ4v) is 7.15. The molecule has 9 heteroatoms. The molecule has 29 heavy (non-hydrogen) atoms. The molecule has 1 aliphatic heterocycles. The van der Waals surface area contributed by atoms with Crippen LogP contribution in [0.3, 0.4) is 0 Å². The summed E-state index contributed by atoms with van der Waals surface area (Å²) in [5.41, 5.74) is 2.36. The monoisotopic (exact) mass is 451 g/mol. The average molecular weight is 452 g/mol. The Morgan fingerprint density at radius 1 is 1.07 bits per heavy atom. The minimum Gasteiger partial charge on any atom is -0.369 e. The minimum absolute atomic E-state index is 0.340. The van der Waals surface area contributed by atoms with E-state index < -0.39 is 10.0 Å². The van der Waals surface area contributed by atoms with Gasteiger partial charge in [-0.25, -0.2) is 8.42 Å². The second-order valence-corrected chi connectivity index (χ2v) is 10.9. The maximum Gasteiger partial charge on any atom is 0.245 e. The average Bonchev–Trinajstić information content (AvgIpc) is 3.24. The molecule has 0 atom stereocenters. The van der Waals surface area contributed by atoms with Gasteiger partial charge in [-0.3, -0.25) is 0 Å². The lowest BCUT2D eigenvalue weighted by Crippen LogP contribution is -2.48. The van der Waals surface area contributed by atoms with Crippen LogP contribution in [0.15, 0.2) is 39.8 Å². The van der Waals surface area contributed by atoms with Gasteiger partial charge in [-0.15, -0.1) is 11.3 Å². The molecule has 0 amide bonds. The molecule has 154 valence electrons. The lowest BCUT2D eigenvalue weighted by atomic mass is 10.2. The molecule has 4 rings (SSSR count). The highest BCUT2D eigenvalue weighted by Crippen LogP contribution is 2.40. The number of aryl methyl sites for hydroxylation is 3. The molecular weight excluding hydrogens is 430 g/mol. The van der Waals surface area contributed by atoms with E-state index in [2.05, 4.69) is 10.1 Å². The van der Waals surface area contributed by atoms with Crippen molar-refractivity contribution in [3.05, 3.63) is 50.8 Å². The molecule has 0 bridgehead atoms. The maximum atomic E-state index is 13.6. The summed E-state index contributed by atoms with van der Waals surface area (Å²) in [7, 11) is -3.65. The number of aromatic nitrogens is 1. The Morgan fingerprint density at radius 3 is 2.41 bits per heavy atom. The summed E-state index contributed by atoms with van der Waals surface area (Å²) in [6.07, 6.45) is 0. The maximum absolute atomic E-state index is 13.6. The van der Waals surface area contributed by atoms with Gasteiger partial charge in [0.25, 0.3) is 0 Å². The smallest absolute Gasteiger partial charge is 0.245 e. The lowest BCUT2D eigenvalue weighted by molar-refractivity contribution is 0.384. The van der Waals surface area contributed by atoms with Crippen LogP contribution in [0.5, 0.6) is 0 Å². The summed E-state index contributed by atoms with van der Waals surface area (Å²) < 4.78 is 34.1. The van der Waals surface area contributed by atoms with E-state index in [1.807, 2.05) is 45.0 Å². The molecule has 0 aliphatic carbocycles. The molecule has 0 radical (unpaired) electrons. The third kappa shape index (κ3) is 3.82. The summed E-state index contributed by atoms with van der Waals surface area (Å²) in [5.74, 6) is 0.500. The first-order chi connectivity index (χ1) is 13.8. The molecule has 0 unspecified atom stereocenters.